The van der Waals surface area contributed by atoms with Gasteiger partial charge in [0, 0.05) is 51.8 Å². The van der Waals surface area contributed by atoms with E-state index >= 15 is 0 Å². The molecule has 146 valence electrons. The first kappa shape index (κ1) is 19.2. The summed E-state index contributed by atoms with van der Waals surface area (Å²) in [5.74, 6) is 2.70. The van der Waals surface area contributed by atoms with E-state index in [0.717, 1.165) is 56.8 Å². The molecule has 0 bridgehead atoms. The van der Waals surface area contributed by atoms with Crippen molar-refractivity contribution in [2.75, 3.05) is 45.9 Å². The maximum Gasteiger partial charge on any atom is 0.191 e. The summed E-state index contributed by atoms with van der Waals surface area (Å²) in [5, 5.41) is 7.10. The fourth-order valence-electron chi connectivity index (χ4n) is 3.68. The Kier molecular flexibility index (Phi) is 7.83. The lowest BCUT2D eigenvalue weighted by Gasteiger charge is -2.34. The molecule has 1 aromatic rings. The first-order valence-electron chi connectivity index (χ1n) is 10.2. The predicted molar refractivity (Wildman–Crippen MR) is 105 cm³/mol. The number of nitrogens with zero attached hydrogens (tertiary/aromatic N) is 2. The maximum atomic E-state index is 5.50. The molecule has 0 radical (unpaired) electrons. The van der Waals surface area contributed by atoms with Crippen molar-refractivity contribution in [3.8, 4) is 0 Å². The second-order valence-corrected chi connectivity index (χ2v) is 7.44. The first-order valence-corrected chi connectivity index (χ1v) is 10.2. The molecule has 3 heterocycles. The lowest BCUT2D eigenvalue weighted by molar-refractivity contribution is 0.150. The quantitative estimate of drug-likeness (QED) is 0.549. The molecule has 0 aromatic carbocycles. The molecule has 1 unspecified atom stereocenters. The summed E-state index contributed by atoms with van der Waals surface area (Å²) in [6.07, 6.45) is 7.25. The summed E-state index contributed by atoms with van der Waals surface area (Å²) in [6.45, 7) is 9.29. The molecule has 6 heteroatoms. The van der Waals surface area contributed by atoms with Crippen molar-refractivity contribution in [1.29, 1.82) is 0 Å². The summed E-state index contributed by atoms with van der Waals surface area (Å²) >= 11 is 0. The summed E-state index contributed by atoms with van der Waals surface area (Å²) in [5.41, 5.74) is 0. The number of nitrogens with one attached hydrogen (secondary N) is 2. The van der Waals surface area contributed by atoms with Crippen LogP contribution in [0.3, 0.4) is 0 Å². The van der Waals surface area contributed by atoms with Gasteiger partial charge in [0.05, 0.1) is 12.9 Å². The Balaban J connectivity index is 1.39. The van der Waals surface area contributed by atoms with Crippen LogP contribution < -0.4 is 10.6 Å². The van der Waals surface area contributed by atoms with Gasteiger partial charge in [0.25, 0.3) is 0 Å². The average molecular weight is 363 g/mol. The van der Waals surface area contributed by atoms with Crippen molar-refractivity contribution in [3.63, 3.8) is 0 Å². The van der Waals surface area contributed by atoms with Crippen LogP contribution in [0.1, 0.15) is 38.4 Å². The van der Waals surface area contributed by atoms with Gasteiger partial charge >= 0.3 is 0 Å². The Hall–Kier alpha value is -1.53. The monoisotopic (exact) mass is 362 g/mol. The summed E-state index contributed by atoms with van der Waals surface area (Å²) in [4.78, 5) is 7.29. The highest BCUT2D eigenvalue weighted by atomic mass is 16.5. The van der Waals surface area contributed by atoms with Gasteiger partial charge in [-0.05, 0) is 43.7 Å². The Morgan fingerprint density at radius 1 is 1.31 bits per heavy atom. The largest absolute Gasteiger partial charge is 0.469 e. The standard InChI is InChI=1S/C20H34N4O2/c1-2-9-21-20(22-10-5-19-4-3-13-26-19)23-18-6-11-24(12-7-18)15-17-8-14-25-16-17/h3-4,13,17-18H,2,5-12,14-16H2,1H3,(H2,21,22,23). The van der Waals surface area contributed by atoms with Gasteiger partial charge in [0.15, 0.2) is 5.96 Å². The summed E-state index contributed by atoms with van der Waals surface area (Å²) in [7, 11) is 0. The van der Waals surface area contributed by atoms with Crippen molar-refractivity contribution in [2.24, 2.45) is 10.9 Å². The topological polar surface area (TPSA) is 62.0 Å². The zero-order chi connectivity index (χ0) is 18.0. The van der Waals surface area contributed by atoms with E-state index < -0.39 is 0 Å². The summed E-state index contributed by atoms with van der Waals surface area (Å²) in [6, 6.07) is 4.46. The van der Waals surface area contributed by atoms with E-state index in [-0.39, 0.29) is 0 Å². The number of rotatable bonds is 8. The smallest absolute Gasteiger partial charge is 0.191 e. The molecule has 6 nitrogen and oxygen atoms in total. The lowest BCUT2D eigenvalue weighted by Crippen LogP contribution is -2.49. The van der Waals surface area contributed by atoms with E-state index in [9.17, 15) is 0 Å². The van der Waals surface area contributed by atoms with Gasteiger partial charge in [-0.2, -0.15) is 0 Å². The van der Waals surface area contributed by atoms with Gasteiger partial charge in [-0.25, -0.2) is 0 Å². The predicted octanol–water partition coefficient (Wildman–Crippen LogP) is 2.27. The van der Waals surface area contributed by atoms with E-state index in [1.54, 1.807) is 6.26 Å². The Morgan fingerprint density at radius 2 is 2.19 bits per heavy atom. The molecule has 2 fully saturated rings. The number of piperidine rings is 1. The van der Waals surface area contributed by atoms with Crippen LogP contribution in [-0.4, -0.2) is 62.8 Å². The number of likely N-dealkylation sites (tertiary alicyclic amines) is 1. The van der Waals surface area contributed by atoms with Crippen LogP contribution in [0.2, 0.25) is 0 Å². The SMILES string of the molecule is CCCN=C(NCCc1ccco1)NC1CCN(CC2CCOC2)CC1. The second kappa shape index (κ2) is 10.6. The van der Waals surface area contributed by atoms with Crippen molar-refractivity contribution in [2.45, 2.75) is 45.1 Å². The van der Waals surface area contributed by atoms with Crippen LogP contribution in [0.4, 0.5) is 0 Å². The van der Waals surface area contributed by atoms with Crippen LogP contribution in [0.25, 0.3) is 0 Å². The molecule has 0 amide bonds. The minimum Gasteiger partial charge on any atom is -0.469 e. The molecule has 2 saturated heterocycles. The third kappa shape index (κ3) is 6.32. The van der Waals surface area contributed by atoms with Gasteiger partial charge in [-0.15, -0.1) is 0 Å². The van der Waals surface area contributed by atoms with E-state index in [0.29, 0.717) is 6.04 Å². The van der Waals surface area contributed by atoms with E-state index in [1.165, 1.54) is 38.9 Å². The highest BCUT2D eigenvalue weighted by Gasteiger charge is 2.24. The molecule has 0 aliphatic carbocycles. The fraction of sp³-hybridized carbons (Fsp3) is 0.750. The van der Waals surface area contributed by atoms with Gasteiger partial charge in [0.1, 0.15) is 5.76 Å². The Labute approximate surface area is 157 Å². The molecule has 2 aliphatic rings. The van der Waals surface area contributed by atoms with Crippen LogP contribution in [-0.2, 0) is 11.2 Å². The molecule has 26 heavy (non-hydrogen) atoms. The van der Waals surface area contributed by atoms with Gasteiger partial charge < -0.3 is 24.7 Å². The zero-order valence-electron chi connectivity index (χ0n) is 16.1. The van der Waals surface area contributed by atoms with E-state index in [1.807, 2.05) is 12.1 Å². The molecule has 1 aromatic heterocycles. The van der Waals surface area contributed by atoms with Crippen molar-refractivity contribution < 1.29 is 9.15 Å². The van der Waals surface area contributed by atoms with E-state index in [2.05, 4.69) is 22.5 Å². The minimum atomic E-state index is 0.512. The van der Waals surface area contributed by atoms with Crippen molar-refractivity contribution >= 4 is 5.96 Å². The van der Waals surface area contributed by atoms with Crippen LogP contribution in [0.15, 0.2) is 27.8 Å². The lowest BCUT2D eigenvalue weighted by atomic mass is 10.0. The minimum absolute atomic E-state index is 0.512. The molecule has 1 atom stereocenters. The van der Waals surface area contributed by atoms with Gasteiger partial charge in [-0.3, -0.25) is 4.99 Å². The zero-order valence-corrected chi connectivity index (χ0v) is 16.1. The Bertz CT molecular complexity index is 518. The number of hydrogen-bond acceptors (Lipinski definition) is 4. The van der Waals surface area contributed by atoms with Gasteiger partial charge in [0.2, 0.25) is 0 Å². The molecule has 2 N–H and O–H groups in total. The molecule has 2 aliphatic heterocycles. The van der Waals surface area contributed by atoms with Gasteiger partial charge in [-0.1, -0.05) is 6.92 Å². The second-order valence-electron chi connectivity index (χ2n) is 7.44. The van der Waals surface area contributed by atoms with E-state index in [4.69, 9.17) is 14.1 Å². The number of aliphatic imine (C=N–C) groups is 1. The molecule has 0 spiro atoms. The van der Waals surface area contributed by atoms with Crippen LogP contribution in [0.5, 0.6) is 0 Å². The maximum absolute atomic E-state index is 5.50. The Morgan fingerprint density at radius 3 is 2.88 bits per heavy atom. The molecule has 3 rings (SSSR count). The normalized spacial score (nSPS) is 22.7. The fourth-order valence-corrected chi connectivity index (χ4v) is 3.68. The summed E-state index contributed by atoms with van der Waals surface area (Å²) < 4.78 is 10.9. The third-order valence-electron chi connectivity index (χ3n) is 5.21. The third-order valence-corrected chi connectivity index (χ3v) is 5.21. The van der Waals surface area contributed by atoms with Crippen molar-refractivity contribution in [1.82, 2.24) is 15.5 Å². The first-order chi connectivity index (χ1) is 12.8. The highest BCUT2D eigenvalue weighted by molar-refractivity contribution is 5.80. The number of ether oxygens (including phenoxy) is 1. The molecule has 0 saturated carbocycles. The number of hydrogen-bond donors (Lipinski definition) is 2. The van der Waals surface area contributed by atoms with Crippen molar-refractivity contribution in [3.05, 3.63) is 24.2 Å². The number of furan rings is 1. The van der Waals surface area contributed by atoms with Crippen LogP contribution >= 0.6 is 0 Å². The average Bonchev–Trinajstić information content (AvgIpc) is 3.35. The number of guanidine groups is 1. The highest BCUT2D eigenvalue weighted by Crippen LogP contribution is 2.17. The molecular formula is C20H34N4O2. The molecular weight excluding hydrogens is 328 g/mol. The van der Waals surface area contributed by atoms with Crippen LogP contribution in [0, 0.1) is 5.92 Å².